The van der Waals surface area contributed by atoms with Crippen LogP contribution in [0.25, 0.3) is 0 Å². The van der Waals surface area contributed by atoms with Crippen LogP contribution in [0.3, 0.4) is 0 Å². The minimum atomic E-state index is -0.587. The van der Waals surface area contributed by atoms with Crippen molar-refractivity contribution in [3.63, 3.8) is 0 Å². The highest BCUT2D eigenvalue weighted by Gasteiger charge is 2.17. The van der Waals surface area contributed by atoms with Crippen molar-refractivity contribution in [3.05, 3.63) is 63.2 Å². The van der Waals surface area contributed by atoms with E-state index in [-0.39, 0.29) is 28.8 Å². The van der Waals surface area contributed by atoms with Crippen molar-refractivity contribution in [2.75, 3.05) is 5.73 Å². The van der Waals surface area contributed by atoms with Gasteiger partial charge in [0.05, 0.1) is 9.95 Å². The van der Waals surface area contributed by atoms with Crippen LogP contribution in [-0.2, 0) is 6.61 Å². The molecule has 2 aromatic carbocycles. The van der Waals surface area contributed by atoms with Gasteiger partial charge in [0.15, 0.2) is 11.4 Å². The first-order valence-corrected chi connectivity index (χ1v) is 5.86. The van der Waals surface area contributed by atoms with Gasteiger partial charge in [-0.2, -0.15) is 0 Å². The molecule has 0 heterocycles. The van der Waals surface area contributed by atoms with Gasteiger partial charge in [-0.3, -0.25) is 10.1 Å². The second kappa shape index (κ2) is 5.58. The van der Waals surface area contributed by atoms with E-state index in [1.54, 1.807) is 0 Å². The zero-order chi connectivity index (χ0) is 13.8. The van der Waals surface area contributed by atoms with Crippen molar-refractivity contribution in [2.24, 2.45) is 0 Å². The van der Waals surface area contributed by atoms with Gasteiger partial charge in [0, 0.05) is 12.1 Å². The molecule has 2 N–H and O–H groups in total. The van der Waals surface area contributed by atoms with E-state index in [4.69, 9.17) is 22.1 Å². The summed E-state index contributed by atoms with van der Waals surface area (Å²) in [5, 5.41) is 11.0. The normalized spacial score (nSPS) is 10.2. The van der Waals surface area contributed by atoms with E-state index in [9.17, 15) is 10.1 Å². The molecule has 6 heteroatoms. The summed E-state index contributed by atoms with van der Waals surface area (Å²) in [6.07, 6.45) is 0. The lowest BCUT2D eigenvalue weighted by Gasteiger charge is -2.09. The van der Waals surface area contributed by atoms with Crippen LogP contribution in [0.4, 0.5) is 11.4 Å². The lowest BCUT2D eigenvalue weighted by atomic mass is 10.2. The number of halogens is 1. The maximum Gasteiger partial charge on any atom is 0.297 e. The van der Waals surface area contributed by atoms with Gasteiger partial charge in [0.1, 0.15) is 6.61 Å². The number of nitrogen functional groups attached to an aromatic ring is 1. The maximum absolute atomic E-state index is 10.8. The number of rotatable bonds is 4. The lowest BCUT2D eigenvalue weighted by molar-refractivity contribution is -0.383. The third-order valence-electron chi connectivity index (χ3n) is 2.52. The van der Waals surface area contributed by atoms with Gasteiger partial charge in [-0.25, -0.2) is 0 Å². The Hall–Kier alpha value is -2.27. The van der Waals surface area contributed by atoms with Gasteiger partial charge < -0.3 is 10.5 Å². The van der Waals surface area contributed by atoms with Crippen LogP contribution in [0.1, 0.15) is 5.56 Å². The molecule has 0 aliphatic rings. The summed E-state index contributed by atoms with van der Waals surface area (Å²) in [4.78, 5) is 10.2. The molecule has 0 saturated heterocycles. The van der Waals surface area contributed by atoms with Gasteiger partial charge >= 0.3 is 0 Å². The maximum atomic E-state index is 10.8. The van der Waals surface area contributed by atoms with Crippen molar-refractivity contribution in [2.45, 2.75) is 6.61 Å². The van der Waals surface area contributed by atoms with Crippen molar-refractivity contribution in [3.8, 4) is 5.75 Å². The number of ether oxygens (including phenoxy) is 1. The summed E-state index contributed by atoms with van der Waals surface area (Å²) in [7, 11) is 0. The van der Waals surface area contributed by atoms with Crippen LogP contribution in [0, 0.1) is 10.1 Å². The standard InChI is InChI=1S/C13H11ClN2O3/c14-10-6-11(16(17)18)13(15)12(7-10)19-8-9-4-2-1-3-5-9/h1-7H,8,15H2. The van der Waals surface area contributed by atoms with Crippen molar-refractivity contribution in [1.82, 2.24) is 0 Å². The molecule has 19 heavy (non-hydrogen) atoms. The highest BCUT2D eigenvalue weighted by Crippen LogP contribution is 2.35. The first-order valence-electron chi connectivity index (χ1n) is 5.48. The third-order valence-corrected chi connectivity index (χ3v) is 2.74. The quantitative estimate of drug-likeness (QED) is 0.528. The Morgan fingerprint density at radius 2 is 1.95 bits per heavy atom. The molecule has 2 aromatic rings. The number of benzene rings is 2. The Labute approximate surface area is 114 Å². The second-order valence-electron chi connectivity index (χ2n) is 3.87. The first kappa shape index (κ1) is 13.2. The summed E-state index contributed by atoms with van der Waals surface area (Å²) in [5.41, 5.74) is 6.35. The zero-order valence-electron chi connectivity index (χ0n) is 9.88. The second-order valence-corrected chi connectivity index (χ2v) is 4.30. The van der Waals surface area contributed by atoms with Crippen LogP contribution in [-0.4, -0.2) is 4.92 Å². The summed E-state index contributed by atoms with van der Waals surface area (Å²) in [5.74, 6) is 0.211. The molecule has 0 aliphatic carbocycles. The molecule has 0 aliphatic heterocycles. The molecule has 0 fully saturated rings. The average molecular weight is 279 g/mol. The molecule has 0 spiro atoms. The minimum Gasteiger partial charge on any atom is -0.486 e. The van der Waals surface area contributed by atoms with Crippen LogP contribution in [0.5, 0.6) is 5.75 Å². The SMILES string of the molecule is Nc1c(OCc2ccccc2)cc(Cl)cc1[N+](=O)[O-]. The van der Waals surface area contributed by atoms with E-state index in [2.05, 4.69) is 0 Å². The predicted molar refractivity (Wildman–Crippen MR) is 73.3 cm³/mol. The van der Waals surface area contributed by atoms with E-state index in [1.165, 1.54) is 12.1 Å². The van der Waals surface area contributed by atoms with Gasteiger partial charge in [0.25, 0.3) is 5.69 Å². The number of hydrogen-bond acceptors (Lipinski definition) is 4. The number of nitrogens with zero attached hydrogens (tertiary/aromatic N) is 1. The van der Waals surface area contributed by atoms with Crippen LogP contribution >= 0.6 is 11.6 Å². The summed E-state index contributed by atoms with van der Waals surface area (Å²) in [6.45, 7) is 0.266. The molecule has 0 radical (unpaired) electrons. The average Bonchev–Trinajstić information content (AvgIpc) is 2.40. The molecule has 5 nitrogen and oxygen atoms in total. The fourth-order valence-electron chi connectivity index (χ4n) is 1.59. The molecule has 0 atom stereocenters. The number of nitro benzene ring substituents is 1. The van der Waals surface area contributed by atoms with Crippen LogP contribution < -0.4 is 10.5 Å². The Morgan fingerprint density at radius 1 is 1.26 bits per heavy atom. The van der Waals surface area contributed by atoms with E-state index in [0.29, 0.717) is 0 Å². The topological polar surface area (TPSA) is 78.4 Å². The van der Waals surface area contributed by atoms with Crippen molar-refractivity contribution >= 4 is 23.0 Å². The molecular weight excluding hydrogens is 268 g/mol. The Morgan fingerprint density at radius 3 is 2.58 bits per heavy atom. The predicted octanol–water partition coefficient (Wildman–Crippen LogP) is 3.41. The molecule has 0 unspecified atom stereocenters. The first-order chi connectivity index (χ1) is 9.08. The Bertz CT molecular complexity index is 602. The highest BCUT2D eigenvalue weighted by atomic mass is 35.5. The molecule has 0 saturated carbocycles. The van der Waals surface area contributed by atoms with E-state index in [0.717, 1.165) is 5.56 Å². The van der Waals surface area contributed by atoms with E-state index >= 15 is 0 Å². The number of nitrogens with two attached hydrogens (primary N) is 1. The summed E-state index contributed by atoms with van der Waals surface area (Å²) < 4.78 is 5.48. The number of nitro groups is 1. The fraction of sp³-hybridized carbons (Fsp3) is 0.0769. The molecular formula is C13H11ClN2O3. The van der Waals surface area contributed by atoms with Crippen molar-refractivity contribution in [1.29, 1.82) is 0 Å². The van der Waals surface area contributed by atoms with Gasteiger partial charge in [-0.15, -0.1) is 0 Å². The Balaban J connectivity index is 2.23. The highest BCUT2D eigenvalue weighted by molar-refractivity contribution is 6.31. The smallest absolute Gasteiger partial charge is 0.297 e. The fourth-order valence-corrected chi connectivity index (χ4v) is 1.79. The molecule has 0 aromatic heterocycles. The van der Waals surface area contributed by atoms with Crippen molar-refractivity contribution < 1.29 is 9.66 Å². The summed E-state index contributed by atoms with van der Waals surface area (Å²) >= 11 is 5.81. The van der Waals surface area contributed by atoms with Gasteiger partial charge in [-0.05, 0) is 5.56 Å². The minimum absolute atomic E-state index is 0.0228. The van der Waals surface area contributed by atoms with E-state index in [1.807, 2.05) is 30.3 Å². The third kappa shape index (κ3) is 3.14. The molecule has 98 valence electrons. The van der Waals surface area contributed by atoms with Crippen LogP contribution in [0.15, 0.2) is 42.5 Å². The number of anilines is 1. The monoisotopic (exact) mass is 278 g/mol. The molecule has 0 bridgehead atoms. The Kier molecular flexibility index (Phi) is 3.87. The van der Waals surface area contributed by atoms with Gasteiger partial charge in [0.2, 0.25) is 0 Å². The molecule has 0 amide bonds. The lowest BCUT2D eigenvalue weighted by Crippen LogP contribution is -2.02. The van der Waals surface area contributed by atoms with E-state index < -0.39 is 4.92 Å². The van der Waals surface area contributed by atoms with Crippen LogP contribution in [0.2, 0.25) is 5.02 Å². The largest absolute Gasteiger partial charge is 0.486 e. The molecule has 2 rings (SSSR count). The number of hydrogen-bond donors (Lipinski definition) is 1. The van der Waals surface area contributed by atoms with Gasteiger partial charge in [-0.1, -0.05) is 41.9 Å². The summed E-state index contributed by atoms with van der Waals surface area (Å²) in [6, 6.07) is 12.1. The zero-order valence-corrected chi connectivity index (χ0v) is 10.6.